The van der Waals surface area contributed by atoms with Crippen molar-refractivity contribution in [1.82, 2.24) is 29.5 Å². The number of nitrogens with two attached hydrogens (primary N) is 1. The van der Waals surface area contributed by atoms with Gasteiger partial charge in [0.2, 0.25) is 0 Å². The van der Waals surface area contributed by atoms with E-state index >= 15 is 4.39 Å². The van der Waals surface area contributed by atoms with Crippen LogP contribution in [-0.2, 0) is 16.1 Å². The first-order valence-electron chi connectivity index (χ1n) is 16.2. The zero-order chi connectivity index (χ0) is 35.5. The first kappa shape index (κ1) is 34.8. The topological polar surface area (TPSA) is 152 Å². The molecular weight excluding hydrogens is 627 g/mol. The van der Waals surface area contributed by atoms with E-state index < -0.39 is 29.0 Å². The van der Waals surface area contributed by atoms with Crippen LogP contribution in [0.1, 0.15) is 54.4 Å². The average Bonchev–Trinajstić information content (AvgIpc) is 3.65. The Morgan fingerprint density at radius 1 is 1.12 bits per heavy atom. The van der Waals surface area contributed by atoms with Crippen LogP contribution in [0.4, 0.5) is 15.0 Å². The molecule has 49 heavy (non-hydrogen) atoms. The van der Waals surface area contributed by atoms with Crippen LogP contribution in [0.3, 0.4) is 0 Å². The number of nitriles is 1. The van der Waals surface area contributed by atoms with E-state index in [1.54, 1.807) is 68.5 Å². The lowest BCUT2D eigenvalue weighted by molar-refractivity contribution is -0.127. The highest BCUT2D eigenvalue weighted by atomic mass is 19.1. The van der Waals surface area contributed by atoms with Gasteiger partial charge in [-0.05, 0) is 84.7 Å². The van der Waals surface area contributed by atoms with Gasteiger partial charge in [0, 0.05) is 24.7 Å². The maximum atomic E-state index is 15.6. The standard InChI is InChI=1S/C36H41FN8O4/c1-7-44(34(47)49-35(2,3)4)36(5,6)19-23(20-38)33(46)43-17-11-12-24(43)21-45-32-29(31(39)40-22-41-32)30(42-45)27-16-15-26(18-28(27)37)48-25-13-9-8-10-14-25/h8-10,13-16,18-19,22,24H,7,11-12,17,21H2,1-6H3,(H2,39,40,41)/t24-/m1/s1. The molecule has 0 saturated carbocycles. The number of halogens is 1. The lowest BCUT2D eigenvalue weighted by Gasteiger charge is -2.37. The van der Waals surface area contributed by atoms with E-state index in [1.807, 2.05) is 25.1 Å². The molecule has 256 valence electrons. The van der Waals surface area contributed by atoms with Crippen LogP contribution in [0.2, 0.25) is 0 Å². The van der Waals surface area contributed by atoms with Crippen molar-refractivity contribution in [1.29, 1.82) is 5.26 Å². The third-order valence-corrected chi connectivity index (χ3v) is 8.23. The van der Waals surface area contributed by atoms with Gasteiger partial charge < -0.3 is 20.1 Å². The van der Waals surface area contributed by atoms with Crippen molar-refractivity contribution in [2.24, 2.45) is 0 Å². The number of carbonyl (C=O) groups excluding carboxylic acids is 2. The van der Waals surface area contributed by atoms with Gasteiger partial charge >= 0.3 is 6.09 Å². The third kappa shape index (κ3) is 7.64. The largest absolute Gasteiger partial charge is 0.457 e. The average molecular weight is 669 g/mol. The number of ether oxygens (including phenoxy) is 2. The Kier molecular flexibility index (Phi) is 9.89. The predicted molar refractivity (Wildman–Crippen MR) is 183 cm³/mol. The van der Waals surface area contributed by atoms with E-state index in [2.05, 4.69) is 16.0 Å². The van der Waals surface area contributed by atoms with Gasteiger partial charge in [-0.1, -0.05) is 18.2 Å². The van der Waals surface area contributed by atoms with E-state index in [0.717, 1.165) is 0 Å². The second kappa shape index (κ2) is 13.9. The quantitative estimate of drug-likeness (QED) is 0.156. The van der Waals surface area contributed by atoms with E-state index in [1.165, 1.54) is 23.4 Å². The molecule has 1 aliphatic rings. The van der Waals surface area contributed by atoms with Crippen LogP contribution in [0, 0.1) is 17.1 Å². The summed E-state index contributed by atoms with van der Waals surface area (Å²) in [6.45, 7) is 11.6. The smallest absolute Gasteiger partial charge is 0.410 e. The zero-order valence-electron chi connectivity index (χ0n) is 28.6. The molecule has 2 amide bonds. The van der Waals surface area contributed by atoms with E-state index in [0.29, 0.717) is 48.5 Å². The molecule has 2 aromatic carbocycles. The van der Waals surface area contributed by atoms with Gasteiger partial charge in [-0.15, -0.1) is 0 Å². The zero-order valence-corrected chi connectivity index (χ0v) is 28.6. The molecule has 1 atom stereocenters. The Labute approximate surface area is 284 Å². The van der Waals surface area contributed by atoms with Crippen LogP contribution in [0.25, 0.3) is 22.3 Å². The number of nitrogens with zero attached hydrogens (tertiary/aromatic N) is 7. The Hall–Kier alpha value is -5.51. The summed E-state index contributed by atoms with van der Waals surface area (Å²) < 4.78 is 28.6. The highest BCUT2D eigenvalue weighted by molar-refractivity contribution is 5.99. The molecule has 0 aliphatic carbocycles. The number of amides is 2. The van der Waals surface area contributed by atoms with Crippen LogP contribution in [0.5, 0.6) is 11.5 Å². The lowest BCUT2D eigenvalue weighted by Crippen LogP contribution is -2.49. The molecule has 0 spiro atoms. The summed E-state index contributed by atoms with van der Waals surface area (Å²) >= 11 is 0. The van der Waals surface area contributed by atoms with Crippen LogP contribution in [-0.4, -0.2) is 71.8 Å². The number of rotatable bonds is 9. The summed E-state index contributed by atoms with van der Waals surface area (Å²) in [6.07, 6.45) is 3.63. The molecule has 12 nitrogen and oxygen atoms in total. The fourth-order valence-electron chi connectivity index (χ4n) is 6.03. The number of hydrogen-bond acceptors (Lipinski definition) is 9. The van der Waals surface area contributed by atoms with Gasteiger partial charge in [0.1, 0.15) is 52.4 Å². The molecule has 13 heteroatoms. The minimum absolute atomic E-state index is 0.0867. The SMILES string of the molecule is CCN(C(=O)OC(C)(C)C)C(C)(C)C=C(C#N)C(=O)N1CCC[C@@H]1Cn1nc(-c2ccc(Oc3ccccc3)cc2F)c2c(N)ncnc21. The number of benzene rings is 2. The van der Waals surface area contributed by atoms with Crippen LogP contribution in [0.15, 0.2) is 66.5 Å². The van der Waals surface area contributed by atoms with Gasteiger partial charge in [-0.2, -0.15) is 10.4 Å². The predicted octanol–water partition coefficient (Wildman–Crippen LogP) is 6.48. The number of likely N-dealkylation sites (N-methyl/N-ethyl adjacent to an activating group) is 1. The van der Waals surface area contributed by atoms with Gasteiger partial charge in [0.25, 0.3) is 5.91 Å². The minimum atomic E-state index is -1.000. The van der Waals surface area contributed by atoms with E-state index in [-0.39, 0.29) is 35.2 Å². The summed E-state index contributed by atoms with van der Waals surface area (Å²) in [5, 5.41) is 15.2. The molecule has 0 radical (unpaired) electrons. The van der Waals surface area contributed by atoms with E-state index in [4.69, 9.17) is 20.3 Å². The monoisotopic (exact) mass is 668 g/mol. The van der Waals surface area contributed by atoms with Gasteiger partial charge in [0.05, 0.1) is 23.5 Å². The Morgan fingerprint density at radius 2 is 1.86 bits per heavy atom. The number of fused-ring (bicyclic) bond motifs is 1. The molecule has 5 rings (SSSR count). The first-order chi connectivity index (χ1) is 23.2. The molecule has 3 heterocycles. The summed E-state index contributed by atoms with van der Waals surface area (Å²) in [5.74, 6) is 0.000565. The summed E-state index contributed by atoms with van der Waals surface area (Å²) in [4.78, 5) is 38.5. The minimum Gasteiger partial charge on any atom is -0.457 e. The molecule has 2 aromatic heterocycles. The van der Waals surface area contributed by atoms with Crippen LogP contribution >= 0.6 is 0 Å². The van der Waals surface area contributed by atoms with E-state index in [9.17, 15) is 14.9 Å². The third-order valence-electron chi connectivity index (χ3n) is 8.23. The van der Waals surface area contributed by atoms with Crippen molar-refractivity contribution < 1.29 is 23.5 Å². The molecule has 0 bridgehead atoms. The highest BCUT2D eigenvalue weighted by Gasteiger charge is 2.36. The van der Waals surface area contributed by atoms with Crippen molar-refractivity contribution in [2.45, 2.75) is 78.1 Å². The van der Waals surface area contributed by atoms with Crippen molar-refractivity contribution in [3.8, 4) is 28.8 Å². The molecule has 2 N–H and O–H groups in total. The molecule has 1 aliphatic heterocycles. The van der Waals surface area contributed by atoms with Crippen LogP contribution < -0.4 is 10.5 Å². The molecule has 4 aromatic rings. The number of nitrogen functional groups attached to an aromatic ring is 1. The van der Waals surface area contributed by atoms with Crippen molar-refractivity contribution >= 4 is 28.9 Å². The fourth-order valence-corrected chi connectivity index (χ4v) is 6.03. The Bertz CT molecular complexity index is 1930. The highest BCUT2D eigenvalue weighted by Crippen LogP contribution is 2.35. The van der Waals surface area contributed by atoms with Crippen molar-refractivity contribution in [2.75, 3.05) is 18.8 Å². The molecule has 1 saturated heterocycles. The number of hydrogen-bond donors (Lipinski definition) is 1. The second-order valence-electron chi connectivity index (χ2n) is 13.4. The number of anilines is 1. The first-order valence-corrected chi connectivity index (χ1v) is 16.2. The normalized spacial score (nSPS) is 15.3. The van der Waals surface area contributed by atoms with Gasteiger partial charge in [-0.25, -0.2) is 23.8 Å². The summed E-state index contributed by atoms with van der Waals surface area (Å²) in [5.41, 5.74) is 5.32. The van der Waals surface area contributed by atoms with Crippen molar-refractivity contribution in [3.63, 3.8) is 0 Å². The number of aromatic nitrogens is 4. The molecular formula is C36H41FN8O4. The van der Waals surface area contributed by atoms with Gasteiger partial charge in [-0.3, -0.25) is 9.69 Å². The Morgan fingerprint density at radius 3 is 2.51 bits per heavy atom. The van der Waals surface area contributed by atoms with Gasteiger partial charge in [0.15, 0.2) is 5.65 Å². The van der Waals surface area contributed by atoms with Crippen molar-refractivity contribution in [3.05, 3.63) is 72.3 Å². The maximum Gasteiger partial charge on any atom is 0.410 e. The summed E-state index contributed by atoms with van der Waals surface area (Å²) in [7, 11) is 0. The lowest BCUT2D eigenvalue weighted by atomic mass is 9.98. The second-order valence-corrected chi connectivity index (χ2v) is 13.4. The Balaban J connectivity index is 1.42. The molecule has 1 fully saturated rings. The fraction of sp³-hybridized carbons (Fsp3) is 0.389. The molecule has 0 unspecified atom stereocenters. The summed E-state index contributed by atoms with van der Waals surface area (Å²) in [6, 6.07) is 15.3. The number of para-hydroxylation sites is 1. The number of likely N-dealkylation sites (tertiary alicyclic amines) is 1. The maximum absolute atomic E-state index is 15.6. The number of carbonyl (C=O) groups is 2.